The molecule has 0 aromatic heterocycles. The van der Waals surface area contributed by atoms with Crippen molar-refractivity contribution in [1.29, 1.82) is 0 Å². The average molecular weight is 304 g/mol. The van der Waals surface area contributed by atoms with E-state index in [0.717, 1.165) is 0 Å². The Balaban J connectivity index is 2.49. The van der Waals surface area contributed by atoms with Gasteiger partial charge in [0, 0.05) is 31.1 Å². The van der Waals surface area contributed by atoms with Crippen LogP contribution in [0, 0.1) is 0 Å². The van der Waals surface area contributed by atoms with Gasteiger partial charge in [-0.2, -0.15) is 0 Å². The molecule has 0 spiro atoms. The van der Waals surface area contributed by atoms with Gasteiger partial charge in [0.2, 0.25) is 5.91 Å². The summed E-state index contributed by atoms with van der Waals surface area (Å²) < 4.78 is 40.6. The average Bonchev–Trinajstić information content (AvgIpc) is 2.35. The highest BCUT2D eigenvalue weighted by atomic mass is 19.4. The first-order valence-electron chi connectivity index (χ1n) is 6.61. The van der Waals surface area contributed by atoms with Crippen LogP contribution in [0.15, 0.2) is 24.3 Å². The van der Waals surface area contributed by atoms with Gasteiger partial charge in [-0.25, -0.2) is 0 Å². The van der Waals surface area contributed by atoms with Crippen LogP contribution in [0.4, 0.5) is 13.2 Å². The van der Waals surface area contributed by atoms with Crippen LogP contribution in [0.25, 0.3) is 0 Å². The van der Waals surface area contributed by atoms with Gasteiger partial charge in [-0.05, 0) is 6.07 Å². The predicted octanol–water partition coefficient (Wildman–Crippen LogP) is 2.59. The van der Waals surface area contributed by atoms with Crippen molar-refractivity contribution in [3.63, 3.8) is 0 Å². The summed E-state index contributed by atoms with van der Waals surface area (Å²) in [7, 11) is 0. The van der Waals surface area contributed by atoms with Crippen molar-refractivity contribution >= 4 is 5.91 Å². The van der Waals surface area contributed by atoms with E-state index in [0.29, 0.717) is 6.54 Å². The van der Waals surface area contributed by atoms with Crippen molar-refractivity contribution in [2.24, 2.45) is 0 Å². The van der Waals surface area contributed by atoms with E-state index in [1.54, 1.807) is 6.07 Å². The van der Waals surface area contributed by atoms with Gasteiger partial charge in [0.05, 0.1) is 0 Å². The Hall–Kier alpha value is -1.76. The van der Waals surface area contributed by atoms with Gasteiger partial charge in [0.25, 0.3) is 0 Å². The Labute approximate surface area is 121 Å². The molecule has 0 aliphatic carbocycles. The molecular formula is C14H19F3N2O2. The van der Waals surface area contributed by atoms with Crippen LogP contribution in [0.3, 0.4) is 0 Å². The molecule has 1 rings (SSSR count). The molecular weight excluding hydrogens is 285 g/mol. The highest BCUT2D eigenvalue weighted by Crippen LogP contribution is 2.25. The van der Waals surface area contributed by atoms with Crippen LogP contribution in [-0.4, -0.2) is 24.9 Å². The number of rotatable bonds is 7. The number of carbonyl (C=O) groups excluding carboxylic acids is 1. The quantitative estimate of drug-likeness (QED) is 0.814. The first-order chi connectivity index (χ1) is 9.78. The predicted molar refractivity (Wildman–Crippen MR) is 72.7 cm³/mol. The Morgan fingerprint density at radius 3 is 2.57 bits per heavy atom. The fourth-order valence-electron chi connectivity index (χ4n) is 1.63. The SMILES string of the molecule is CC(C)NCCC(=O)NCc1ccccc1OC(F)(F)F. The van der Waals surface area contributed by atoms with Gasteiger partial charge in [-0.1, -0.05) is 32.0 Å². The van der Waals surface area contributed by atoms with Gasteiger partial charge in [-0.15, -0.1) is 13.2 Å². The summed E-state index contributed by atoms with van der Waals surface area (Å²) in [5.41, 5.74) is 0.278. The normalized spacial score (nSPS) is 11.5. The zero-order chi connectivity index (χ0) is 15.9. The summed E-state index contributed by atoms with van der Waals surface area (Å²) in [6.45, 7) is 4.43. The van der Waals surface area contributed by atoms with Crippen LogP contribution in [-0.2, 0) is 11.3 Å². The van der Waals surface area contributed by atoms with Gasteiger partial charge >= 0.3 is 6.36 Å². The molecule has 21 heavy (non-hydrogen) atoms. The van der Waals surface area contributed by atoms with Crippen molar-refractivity contribution in [1.82, 2.24) is 10.6 Å². The fraction of sp³-hybridized carbons (Fsp3) is 0.500. The lowest BCUT2D eigenvalue weighted by Gasteiger charge is -2.14. The maximum Gasteiger partial charge on any atom is 0.573 e. The topological polar surface area (TPSA) is 50.4 Å². The molecule has 0 bridgehead atoms. The number of hydrogen-bond donors (Lipinski definition) is 2. The van der Waals surface area contributed by atoms with E-state index >= 15 is 0 Å². The number of benzene rings is 1. The molecule has 1 amide bonds. The van der Waals surface area contributed by atoms with Crippen LogP contribution in [0.2, 0.25) is 0 Å². The number of hydrogen-bond acceptors (Lipinski definition) is 3. The molecule has 7 heteroatoms. The van der Waals surface area contributed by atoms with Crippen molar-refractivity contribution in [3.05, 3.63) is 29.8 Å². The number of nitrogens with one attached hydrogen (secondary N) is 2. The summed E-state index contributed by atoms with van der Waals surface area (Å²) in [4.78, 5) is 11.6. The second-order valence-corrected chi connectivity index (χ2v) is 4.79. The third-order valence-corrected chi connectivity index (χ3v) is 2.58. The van der Waals surface area contributed by atoms with E-state index in [9.17, 15) is 18.0 Å². The Bertz CT molecular complexity index is 462. The maximum atomic E-state index is 12.2. The number of halogens is 3. The van der Waals surface area contributed by atoms with Crippen LogP contribution >= 0.6 is 0 Å². The van der Waals surface area contributed by atoms with E-state index in [-0.39, 0.29) is 36.2 Å². The minimum Gasteiger partial charge on any atom is -0.405 e. The molecule has 4 nitrogen and oxygen atoms in total. The number of ether oxygens (including phenoxy) is 1. The summed E-state index contributed by atoms with van der Waals surface area (Å²) >= 11 is 0. The molecule has 0 unspecified atom stereocenters. The summed E-state index contributed by atoms with van der Waals surface area (Å²) in [5, 5.41) is 5.66. The molecule has 0 aliphatic heterocycles. The first kappa shape index (κ1) is 17.3. The van der Waals surface area contributed by atoms with E-state index in [1.165, 1.54) is 18.2 Å². The molecule has 0 atom stereocenters. The molecule has 0 radical (unpaired) electrons. The van der Waals surface area contributed by atoms with Crippen LogP contribution < -0.4 is 15.4 Å². The second kappa shape index (κ2) is 7.87. The van der Waals surface area contributed by atoms with Crippen LogP contribution in [0.1, 0.15) is 25.8 Å². The molecule has 0 fully saturated rings. The van der Waals surface area contributed by atoms with E-state index in [2.05, 4.69) is 15.4 Å². The van der Waals surface area contributed by atoms with E-state index in [4.69, 9.17) is 0 Å². The van der Waals surface area contributed by atoms with Gasteiger partial charge in [-0.3, -0.25) is 4.79 Å². The highest BCUT2D eigenvalue weighted by molar-refractivity contribution is 5.76. The van der Waals surface area contributed by atoms with Crippen molar-refractivity contribution in [2.45, 2.75) is 39.2 Å². The molecule has 1 aromatic rings. The number of para-hydroxylation sites is 1. The van der Waals surface area contributed by atoms with Gasteiger partial charge in [0.15, 0.2) is 0 Å². The Morgan fingerprint density at radius 2 is 1.95 bits per heavy atom. The Morgan fingerprint density at radius 1 is 1.29 bits per heavy atom. The minimum absolute atomic E-state index is 0.00718. The molecule has 118 valence electrons. The zero-order valence-corrected chi connectivity index (χ0v) is 12.0. The largest absolute Gasteiger partial charge is 0.573 e. The van der Waals surface area contributed by atoms with Crippen molar-refractivity contribution < 1.29 is 22.7 Å². The monoisotopic (exact) mass is 304 g/mol. The second-order valence-electron chi connectivity index (χ2n) is 4.79. The molecule has 2 N–H and O–H groups in total. The van der Waals surface area contributed by atoms with Crippen molar-refractivity contribution in [2.75, 3.05) is 6.54 Å². The summed E-state index contributed by atoms with van der Waals surface area (Å²) in [6.07, 6.45) is -4.48. The standard InChI is InChI=1S/C14H19F3N2O2/c1-10(2)18-8-7-13(20)19-9-11-5-3-4-6-12(11)21-14(15,16)17/h3-6,10,18H,7-9H2,1-2H3,(H,19,20). The maximum absolute atomic E-state index is 12.2. The Kier molecular flexibility index (Phi) is 6.48. The van der Waals surface area contributed by atoms with Crippen molar-refractivity contribution in [3.8, 4) is 5.75 Å². The lowest BCUT2D eigenvalue weighted by atomic mass is 10.2. The third-order valence-electron chi connectivity index (χ3n) is 2.58. The molecule has 0 aliphatic rings. The highest BCUT2D eigenvalue weighted by Gasteiger charge is 2.31. The number of amides is 1. The molecule has 0 saturated heterocycles. The number of alkyl halides is 3. The lowest BCUT2D eigenvalue weighted by molar-refractivity contribution is -0.274. The smallest absolute Gasteiger partial charge is 0.405 e. The molecule has 1 aromatic carbocycles. The summed E-state index contributed by atoms with van der Waals surface area (Å²) in [5.74, 6) is -0.532. The van der Waals surface area contributed by atoms with Crippen LogP contribution in [0.5, 0.6) is 5.75 Å². The molecule has 0 heterocycles. The van der Waals surface area contributed by atoms with E-state index < -0.39 is 6.36 Å². The third kappa shape index (κ3) is 7.55. The minimum atomic E-state index is -4.75. The zero-order valence-electron chi connectivity index (χ0n) is 12.0. The van der Waals surface area contributed by atoms with Gasteiger partial charge < -0.3 is 15.4 Å². The number of carbonyl (C=O) groups is 1. The lowest BCUT2D eigenvalue weighted by Crippen LogP contribution is -2.30. The summed E-state index contributed by atoms with van der Waals surface area (Å²) in [6, 6.07) is 6.01. The van der Waals surface area contributed by atoms with Gasteiger partial charge in [0.1, 0.15) is 5.75 Å². The molecule has 0 saturated carbocycles. The first-order valence-corrected chi connectivity index (χ1v) is 6.61. The fourth-order valence-corrected chi connectivity index (χ4v) is 1.63. The van der Waals surface area contributed by atoms with E-state index in [1.807, 2.05) is 13.8 Å².